The molecule has 1 aromatic rings. The van der Waals surface area contributed by atoms with Gasteiger partial charge in [0, 0.05) is 12.5 Å². The van der Waals surface area contributed by atoms with Crippen LogP contribution in [0.3, 0.4) is 0 Å². The minimum atomic E-state index is -0.995. The van der Waals surface area contributed by atoms with Crippen LogP contribution >= 0.6 is 0 Å². The lowest BCUT2D eigenvalue weighted by Crippen LogP contribution is -2.35. The topological polar surface area (TPSA) is 58.6 Å². The van der Waals surface area contributed by atoms with Crippen molar-refractivity contribution < 1.29 is 23.4 Å². The predicted octanol–water partition coefficient (Wildman–Crippen LogP) is 1.41. The minimum Gasteiger partial charge on any atom is -0.493 e. The largest absolute Gasteiger partial charge is 0.493 e. The lowest BCUT2D eigenvalue weighted by Gasteiger charge is -2.11. The molecule has 0 saturated carbocycles. The Balaban J connectivity index is 2.45. The molecule has 4 nitrogen and oxygen atoms in total. The summed E-state index contributed by atoms with van der Waals surface area (Å²) in [6.45, 7) is 0.100. The highest BCUT2D eigenvalue weighted by molar-refractivity contribution is 5.73. The lowest BCUT2D eigenvalue weighted by molar-refractivity contribution is -0.139. The first-order valence-electron chi connectivity index (χ1n) is 5.02. The molecule has 1 rings (SSSR count). The summed E-state index contributed by atoms with van der Waals surface area (Å²) < 4.78 is 30.5. The van der Waals surface area contributed by atoms with Crippen LogP contribution in [0, 0.1) is 11.6 Å². The molecule has 0 amide bonds. The van der Waals surface area contributed by atoms with E-state index < -0.39 is 23.6 Å². The Bertz CT molecular complexity index is 398. The average Bonchev–Trinajstić information content (AvgIpc) is 2.28. The number of rotatable bonds is 6. The Hall–Kier alpha value is -1.69. The molecule has 0 aliphatic heterocycles. The van der Waals surface area contributed by atoms with E-state index in [9.17, 15) is 13.6 Å². The Labute approximate surface area is 97.2 Å². The minimum absolute atomic E-state index is 0.100. The lowest BCUT2D eigenvalue weighted by atomic mass is 10.2. The van der Waals surface area contributed by atoms with Crippen molar-refractivity contribution >= 4 is 5.97 Å². The second-order valence-corrected chi connectivity index (χ2v) is 3.39. The number of carbonyl (C=O) groups is 1. The molecule has 0 aliphatic rings. The van der Waals surface area contributed by atoms with E-state index in [1.807, 2.05) is 0 Å². The van der Waals surface area contributed by atoms with E-state index in [0.29, 0.717) is 0 Å². The van der Waals surface area contributed by atoms with Gasteiger partial charge in [0.15, 0.2) is 11.6 Å². The number of likely N-dealkylation sites (N-methyl/N-ethyl adjacent to an activating group) is 1. The maximum atomic E-state index is 12.8. The smallest absolute Gasteiger partial charge is 0.320 e. The fraction of sp³-hybridized carbons (Fsp3) is 0.364. The van der Waals surface area contributed by atoms with Gasteiger partial charge in [-0.05, 0) is 19.2 Å². The first kappa shape index (κ1) is 13.4. The molecule has 0 saturated heterocycles. The monoisotopic (exact) mass is 245 g/mol. The number of nitrogens with one attached hydrogen (secondary N) is 1. The van der Waals surface area contributed by atoms with Crippen LogP contribution in [-0.2, 0) is 4.79 Å². The van der Waals surface area contributed by atoms with Crippen LogP contribution in [0.5, 0.6) is 5.75 Å². The van der Waals surface area contributed by atoms with Gasteiger partial charge in [0.1, 0.15) is 11.8 Å². The van der Waals surface area contributed by atoms with Crippen LogP contribution in [-0.4, -0.2) is 30.8 Å². The first-order chi connectivity index (χ1) is 8.04. The zero-order valence-electron chi connectivity index (χ0n) is 9.24. The van der Waals surface area contributed by atoms with E-state index >= 15 is 0 Å². The van der Waals surface area contributed by atoms with Gasteiger partial charge in [0.25, 0.3) is 0 Å². The molecule has 1 aromatic carbocycles. The molecule has 17 heavy (non-hydrogen) atoms. The summed E-state index contributed by atoms with van der Waals surface area (Å²) in [5.74, 6) is -2.76. The van der Waals surface area contributed by atoms with Gasteiger partial charge in [-0.25, -0.2) is 8.78 Å². The second-order valence-electron chi connectivity index (χ2n) is 3.39. The van der Waals surface area contributed by atoms with Gasteiger partial charge in [0.05, 0.1) is 6.61 Å². The van der Waals surface area contributed by atoms with Crippen LogP contribution in [0.1, 0.15) is 6.42 Å². The third kappa shape index (κ3) is 3.99. The molecular weight excluding hydrogens is 232 g/mol. The molecule has 0 aromatic heterocycles. The van der Waals surface area contributed by atoms with Crippen LogP contribution < -0.4 is 10.1 Å². The number of hydrogen-bond acceptors (Lipinski definition) is 3. The van der Waals surface area contributed by atoms with Crippen molar-refractivity contribution in [3.8, 4) is 5.75 Å². The Kier molecular flexibility index (Phi) is 4.84. The van der Waals surface area contributed by atoms with E-state index in [1.54, 1.807) is 0 Å². The number of halogens is 2. The molecule has 94 valence electrons. The zero-order valence-corrected chi connectivity index (χ0v) is 9.24. The van der Waals surface area contributed by atoms with Crippen LogP contribution in [0.4, 0.5) is 8.78 Å². The van der Waals surface area contributed by atoms with Gasteiger partial charge in [-0.2, -0.15) is 0 Å². The van der Waals surface area contributed by atoms with E-state index in [1.165, 1.54) is 13.1 Å². The highest BCUT2D eigenvalue weighted by Gasteiger charge is 2.14. The molecule has 0 fully saturated rings. The van der Waals surface area contributed by atoms with Crippen LogP contribution in [0.2, 0.25) is 0 Å². The normalized spacial score (nSPS) is 12.2. The van der Waals surface area contributed by atoms with Crippen molar-refractivity contribution in [3.63, 3.8) is 0 Å². The quantitative estimate of drug-likeness (QED) is 0.795. The van der Waals surface area contributed by atoms with Gasteiger partial charge in [0.2, 0.25) is 0 Å². The van der Waals surface area contributed by atoms with Crippen molar-refractivity contribution in [2.75, 3.05) is 13.7 Å². The number of hydrogen-bond donors (Lipinski definition) is 2. The molecule has 0 heterocycles. The standard InChI is InChI=1S/C11H13F2NO3/c1-14-10(11(15)16)4-5-17-7-2-3-8(12)9(13)6-7/h2-3,6,10,14H,4-5H2,1H3,(H,15,16). The number of carboxylic acids is 1. The molecule has 2 N–H and O–H groups in total. The molecule has 6 heteroatoms. The number of ether oxygens (including phenoxy) is 1. The highest BCUT2D eigenvalue weighted by Crippen LogP contribution is 2.15. The summed E-state index contributed by atoms with van der Waals surface area (Å²) in [7, 11) is 1.52. The first-order valence-corrected chi connectivity index (χ1v) is 5.02. The summed E-state index contributed by atoms with van der Waals surface area (Å²) in [6.07, 6.45) is 0.227. The van der Waals surface area contributed by atoms with Gasteiger partial charge >= 0.3 is 5.97 Å². The maximum absolute atomic E-state index is 12.8. The van der Waals surface area contributed by atoms with Crippen molar-refractivity contribution in [3.05, 3.63) is 29.8 Å². The number of aliphatic carboxylic acids is 1. The van der Waals surface area contributed by atoms with Crippen LogP contribution in [0.15, 0.2) is 18.2 Å². The SMILES string of the molecule is CNC(CCOc1ccc(F)c(F)c1)C(=O)O. The Morgan fingerprint density at radius 3 is 2.71 bits per heavy atom. The molecule has 0 aliphatic carbocycles. The zero-order chi connectivity index (χ0) is 12.8. The van der Waals surface area contributed by atoms with Crippen molar-refractivity contribution in [2.45, 2.75) is 12.5 Å². The van der Waals surface area contributed by atoms with Gasteiger partial charge < -0.3 is 15.2 Å². The van der Waals surface area contributed by atoms with Gasteiger partial charge in [-0.3, -0.25) is 4.79 Å². The summed E-state index contributed by atoms with van der Waals surface area (Å²) in [4.78, 5) is 10.6. The highest BCUT2D eigenvalue weighted by atomic mass is 19.2. The van der Waals surface area contributed by atoms with E-state index in [-0.39, 0.29) is 18.8 Å². The third-order valence-corrected chi connectivity index (χ3v) is 2.21. The average molecular weight is 245 g/mol. The van der Waals surface area contributed by atoms with Gasteiger partial charge in [-0.15, -0.1) is 0 Å². The van der Waals surface area contributed by atoms with E-state index in [4.69, 9.17) is 9.84 Å². The molecule has 0 spiro atoms. The second kappa shape index (κ2) is 6.15. The van der Waals surface area contributed by atoms with Crippen molar-refractivity contribution in [2.24, 2.45) is 0 Å². The molecule has 1 atom stereocenters. The summed E-state index contributed by atoms with van der Waals surface area (Å²) in [5.41, 5.74) is 0. The Morgan fingerprint density at radius 1 is 1.47 bits per heavy atom. The number of carboxylic acid groups (broad SMARTS) is 1. The van der Waals surface area contributed by atoms with Crippen molar-refractivity contribution in [1.82, 2.24) is 5.32 Å². The summed E-state index contributed by atoms with van der Waals surface area (Å²) >= 11 is 0. The molecule has 0 bridgehead atoms. The van der Waals surface area contributed by atoms with E-state index in [0.717, 1.165) is 12.1 Å². The molecule has 1 unspecified atom stereocenters. The maximum Gasteiger partial charge on any atom is 0.320 e. The number of benzene rings is 1. The van der Waals surface area contributed by atoms with Gasteiger partial charge in [-0.1, -0.05) is 0 Å². The summed E-state index contributed by atoms with van der Waals surface area (Å²) in [5, 5.41) is 11.3. The van der Waals surface area contributed by atoms with E-state index in [2.05, 4.69) is 5.32 Å². The predicted molar refractivity (Wildman–Crippen MR) is 57.0 cm³/mol. The molecule has 0 radical (unpaired) electrons. The third-order valence-electron chi connectivity index (χ3n) is 2.21. The van der Waals surface area contributed by atoms with Crippen LogP contribution in [0.25, 0.3) is 0 Å². The summed E-state index contributed by atoms with van der Waals surface area (Å²) in [6, 6.07) is 2.44. The molecular formula is C11H13F2NO3. The van der Waals surface area contributed by atoms with Crippen molar-refractivity contribution in [1.29, 1.82) is 0 Å². The Morgan fingerprint density at radius 2 is 2.18 bits per heavy atom. The fourth-order valence-corrected chi connectivity index (χ4v) is 1.25. The fourth-order valence-electron chi connectivity index (χ4n) is 1.25.